The first-order valence-corrected chi connectivity index (χ1v) is 18.6. The van der Waals surface area contributed by atoms with Crippen molar-refractivity contribution in [3.8, 4) is 0 Å². The first-order chi connectivity index (χ1) is 22.8. The maximum atomic E-state index is 14.3. The van der Waals surface area contributed by atoms with Gasteiger partial charge < -0.3 is 53.0 Å². The van der Waals surface area contributed by atoms with Crippen molar-refractivity contribution < 1.29 is 52.9 Å². The zero-order chi connectivity index (χ0) is 36.4. The Kier molecular flexibility index (Phi) is 11.6. The Balaban J connectivity index is 1.56. The van der Waals surface area contributed by atoms with Crippen molar-refractivity contribution in [1.82, 2.24) is 4.90 Å². The van der Waals surface area contributed by atoms with Crippen LogP contribution in [0.15, 0.2) is 0 Å². The Morgan fingerprint density at radius 3 is 2.20 bits per heavy atom. The predicted molar refractivity (Wildman–Crippen MR) is 181 cm³/mol. The fourth-order valence-electron chi connectivity index (χ4n) is 9.60. The number of likely N-dealkylation sites (N-methyl/N-ethyl adjacent to an activating group) is 1. The van der Waals surface area contributed by atoms with Gasteiger partial charge in [0.25, 0.3) is 0 Å². The molecular formula is C37H65NO11. The minimum Gasteiger partial charge on any atom is -0.459 e. The molecule has 5 aliphatic heterocycles. The number of epoxide rings is 1. The van der Waals surface area contributed by atoms with Crippen LogP contribution < -0.4 is 0 Å². The summed E-state index contributed by atoms with van der Waals surface area (Å²) in [4.78, 5) is 16.3. The lowest BCUT2D eigenvalue weighted by molar-refractivity contribution is -0.318. The fourth-order valence-corrected chi connectivity index (χ4v) is 9.60. The van der Waals surface area contributed by atoms with Gasteiger partial charge in [0.2, 0.25) is 0 Å². The topological polar surface area (TPSA) is 138 Å². The van der Waals surface area contributed by atoms with Crippen molar-refractivity contribution in [2.45, 2.75) is 185 Å². The Morgan fingerprint density at radius 1 is 0.939 bits per heavy atom. The second kappa shape index (κ2) is 14.5. The van der Waals surface area contributed by atoms with Gasteiger partial charge in [-0.05, 0) is 80.8 Å². The first kappa shape index (κ1) is 39.3. The van der Waals surface area contributed by atoms with Gasteiger partial charge in [0.1, 0.15) is 23.9 Å². The van der Waals surface area contributed by atoms with Gasteiger partial charge in [0.05, 0.1) is 53.7 Å². The number of hydrogen-bond acceptors (Lipinski definition) is 12. The largest absolute Gasteiger partial charge is 0.459 e. The van der Waals surface area contributed by atoms with Gasteiger partial charge in [-0.25, -0.2) is 0 Å². The lowest BCUT2D eigenvalue weighted by Crippen LogP contribution is -2.60. The number of fused-ring (bicyclic) bond motifs is 2. The molecule has 5 rings (SSSR count). The summed E-state index contributed by atoms with van der Waals surface area (Å²) in [6.07, 6.45) is -4.08. The quantitative estimate of drug-likeness (QED) is 0.283. The van der Waals surface area contributed by atoms with Crippen LogP contribution in [0.4, 0.5) is 0 Å². The molecule has 12 nitrogen and oxygen atoms in total. The Morgan fingerprint density at radius 2 is 1.61 bits per heavy atom. The third kappa shape index (κ3) is 7.35. The minimum atomic E-state index is -0.932. The average molecular weight is 700 g/mol. The number of aliphatic hydroxyl groups excluding tert-OH is 2. The standard InChI is InChI=1S/C37H65NO11/c1-14-25-37(10,48-25)32-20(4)28-18(2)16-36(9,49-28)31(47-34-27(39)24(38(11)12)15-19(3)43-34)21(5)29(22(6)33(41)46-32)45-26-17-35(8,42-13)30(40)23(7)44-26/h18-32,34,39-40H,14-17H2,1-13H3/t18?,19-,20+,21+,22-,23+,24+,25-,26+,27-,28?,29+,30+,31-,32-,34+,35-,36-,37-/m1/s1. The Bertz CT molecular complexity index is 1160. The first-order valence-electron chi connectivity index (χ1n) is 18.6. The van der Waals surface area contributed by atoms with Crippen LogP contribution in [0.3, 0.4) is 0 Å². The summed E-state index contributed by atoms with van der Waals surface area (Å²) in [7, 11) is 5.46. The second-order valence-electron chi connectivity index (χ2n) is 16.8. The van der Waals surface area contributed by atoms with Crippen molar-refractivity contribution in [2.75, 3.05) is 21.2 Å². The van der Waals surface area contributed by atoms with E-state index in [9.17, 15) is 15.0 Å². The number of nitrogens with zero attached hydrogens (tertiary/aromatic N) is 1. The molecule has 2 N–H and O–H groups in total. The Hall–Kier alpha value is -0.930. The summed E-state index contributed by atoms with van der Waals surface area (Å²) in [6, 6.07) is -0.168. The smallest absolute Gasteiger partial charge is 0.311 e. The van der Waals surface area contributed by atoms with E-state index in [-0.39, 0.29) is 42.6 Å². The number of carbonyl (C=O) groups is 1. The van der Waals surface area contributed by atoms with E-state index in [4.69, 9.17) is 37.9 Å². The van der Waals surface area contributed by atoms with Crippen LogP contribution in [0.1, 0.15) is 94.9 Å². The summed E-state index contributed by atoms with van der Waals surface area (Å²) < 4.78 is 51.9. The molecule has 0 aliphatic carbocycles. The number of methoxy groups -OCH3 is 1. The summed E-state index contributed by atoms with van der Waals surface area (Å²) in [6.45, 7) is 19.9. The lowest BCUT2D eigenvalue weighted by atomic mass is 9.77. The Labute approximate surface area is 293 Å². The van der Waals surface area contributed by atoms with Crippen molar-refractivity contribution in [3.05, 3.63) is 0 Å². The van der Waals surface area contributed by atoms with Crippen molar-refractivity contribution in [1.29, 1.82) is 0 Å². The highest BCUT2D eigenvalue weighted by atomic mass is 16.7. The molecule has 49 heavy (non-hydrogen) atoms. The van der Waals surface area contributed by atoms with E-state index >= 15 is 0 Å². The third-order valence-corrected chi connectivity index (χ3v) is 12.6. The van der Waals surface area contributed by atoms with Crippen molar-refractivity contribution >= 4 is 5.97 Å². The van der Waals surface area contributed by atoms with E-state index in [1.54, 1.807) is 14.0 Å². The number of cyclic esters (lactones) is 1. The molecule has 0 spiro atoms. The molecule has 0 radical (unpaired) electrons. The molecule has 19 atom stereocenters. The zero-order valence-corrected chi connectivity index (χ0v) is 32.1. The van der Waals surface area contributed by atoms with E-state index in [1.165, 1.54) is 0 Å². The van der Waals surface area contributed by atoms with Crippen LogP contribution in [0.25, 0.3) is 0 Å². The normalized spacial score (nSPS) is 54.0. The molecule has 0 aromatic rings. The van der Waals surface area contributed by atoms with Gasteiger partial charge >= 0.3 is 5.97 Å². The SMILES string of the molecule is CC[C@H]1O[C@@]1(C)[C@@H]1OC(=O)[C@H](C)[C@@H](O[C@H]2C[C@@](C)(OC)[C@@H](O)[C@H](C)O2)[C@H](C)[C@@H](O[C@@H]2O[C@H](C)C[C@H](N(C)C)[C@H]2O)[C@@]2(C)CC(C)C(O2)[C@@H]1C. The number of rotatable bonds is 8. The molecule has 0 saturated carbocycles. The van der Waals surface area contributed by atoms with Crippen LogP contribution in [0.2, 0.25) is 0 Å². The molecule has 2 unspecified atom stereocenters. The number of aliphatic hydroxyl groups is 2. The third-order valence-electron chi connectivity index (χ3n) is 12.6. The number of ether oxygens (including phenoxy) is 8. The lowest BCUT2D eigenvalue weighted by Gasteiger charge is -2.48. The molecule has 12 heteroatoms. The summed E-state index contributed by atoms with van der Waals surface area (Å²) >= 11 is 0. The minimum absolute atomic E-state index is 0.0230. The molecule has 0 aromatic heterocycles. The van der Waals surface area contributed by atoms with Crippen LogP contribution >= 0.6 is 0 Å². The van der Waals surface area contributed by atoms with Crippen LogP contribution in [-0.4, -0.2) is 133 Å². The van der Waals surface area contributed by atoms with E-state index in [1.807, 2.05) is 53.6 Å². The van der Waals surface area contributed by atoms with Gasteiger partial charge in [-0.1, -0.05) is 27.7 Å². The summed E-state index contributed by atoms with van der Waals surface area (Å²) in [5, 5.41) is 22.5. The number of carbonyl (C=O) groups excluding carboxylic acids is 1. The van der Waals surface area contributed by atoms with Gasteiger partial charge in [0.15, 0.2) is 12.6 Å². The molecule has 5 aliphatic rings. The molecule has 0 aromatic carbocycles. The summed E-state index contributed by atoms with van der Waals surface area (Å²) in [5.74, 6) is -1.68. The van der Waals surface area contributed by atoms with E-state index in [2.05, 4.69) is 27.7 Å². The van der Waals surface area contributed by atoms with Gasteiger partial charge in [-0.3, -0.25) is 4.79 Å². The van der Waals surface area contributed by atoms with E-state index in [0.717, 1.165) is 6.42 Å². The fraction of sp³-hybridized carbons (Fsp3) is 0.973. The molecular weight excluding hydrogens is 634 g/mol. The van der Waals surface area contributed by atoms with Gasteiger partial charge in [0, 0.05) is 31.4 Å². The molecule has 5 saturated heterocycles. The molecule has 0 amide bonds. The van der Waals surface area contributed by atoms with Crippen LogP contribution in [0, 0.1) is 23.7 Å². The number of esters is 1. The van der Waals surface area contributed by atoms with E-state index < -0.39 is 83.8 Å². The highest BCUT2D eigenvalue weighted by Crippen LogP contribution is 2.52. The van der Waals surface area contributed by atoms with Crippen LogP contribution in [-0.2, 0) is 42.7 Å². The molecule has 2 bridgehead atoms. The zero-order valence-electron chi connectivity index (χ0n) is 32.1. The van der Waals surface area contributed by atoms with Crippen molar-refractivity contribution in [3.63, 3.8) is 0 Å². The maximum absolute atomic E-state index is 14.3. The van der Waals surface area contributed by atoms with Crippen molar-refractivity contribution in [2.24, 2.45) is 23.7 Å². The number of hydrogen-bond donors (Lipinski definition) is 2. The van der Waals surface area contributed by atoms with Crippen LogP contribution in [0.5, 0.6) is 0 Å². The molecule has 5 heterocycles. The van der Waals surface area contributed by atoms with E-state index in [0.29, 0.717) is 12.8 Å². The summed E-state index contributed by atoms with van der Waals surface area (Å²) in [5.41, 5.74) is -2.39. The molecule has 5 fully saturated rings. The predicted octanol–water partition coefficient (Wildman–Crippen LogP) is 3.67. The van der Waals surface area contributed by atoms with Gasteiger partial charge in [-0.15, -0.1) is 0 Å². The maximum Gasteiger partial charge on any atom is 0.311 e. The van der Waals surface area contributed by atoms with Gasteiger partial charge in [-0.2, -0.15) is 0 Å². The monoisotopic (exact) mass is 699 g/mol. The second-order valence-corrected chi connectivity index (χ2v) is 16.8. The highest BCUT2D eigenvalue weighted by Gasteiger charge is 2.64. The highest BCUT2D eigenvalue weighted by molar-refractivity contribution is 5.73. The average Bonchev–Trinajstić information content (AvgIpc) is 3.62. The molecule has 284 valence electrons.